The molecule has 4 heteroatoms. The molecule has 0 aliphatic heterocycles. The van der Waals surface area contributed by atoms with Gasteiger partial charge in [-0.3, -0.25) is 4.79 Å². The first-order chi connectivity index (χ1) is 8.59. The van der Waals surface area contributed by atoms with Crippen molar-refractivity contribution in [2.75, 3.05) is 13.2 Å². The summed E-state index contributed by atoms with van der Waals surface area (Å²) in [6, 6.07) is 7.85. The fourth-order valence-corrected chi connectivity index (χ4v) is 1.56. The predicted octanol–water partition coefficient (Wildman–Crippen LogP) is 3.18. The summed E-state index contributed by atoms with van der Waals surface area (Å²) in [6.45, 7) is 6.67. The fourth-order valence-electron chi connectivity index (χ4n) is 1.42. The molecule has 98 valence electrons. The van der Waals surface area contributed by atoms with E-state index in [0.717, 1.165) is 15.8 Å². The maximum Gasteiger partial charge on any atom is 0.220 e. The summed E-state index contributed by atoms with van der Waals surface area (Å²) in [4.78, 5) is 11.4. The third-order valence-electron chi connectivity index (χ3n) is 2.38. The van der Waals surface area contributed by atoms with Gasteiger partial charge in [0.15, 0.2) is 0 Å². The Labute approximate surface area is 116 Å². The second-order valence-electron chi connectivity index (χ2n) is 4.01. The van der Waals surface area contributed by atoms with E-state index in [1.54, 1.807) is 0 Å². The van der Waals surface area contributed by atoms with Gasteiger partial charge in [0.1, 0.15) is 5.75 Å². The molecule has 18 heavy (non-hydrogen) atoms. The highest BCUT2D eigenvalue weighted by atomic mass is 79.9. The van der Waals surface area contributed by atoms with Gasteiger partial charge in [-0.15, -0.1) is 0 Å². The molecule has 0 aliphatic carbocycles. The zero-order chi connectivity index (χ0) is 13.4. The molecule has 1 amide bonds. The van der Waals surface area contributed by atoms with Crippen LogP contribution in [0.2, 0.25) is 0 Å². The number of carbonyl (C=O) groups excluding carboxylic acids is 1. The molecular formula is C14H18BrNO2. The highest BCUT2D eigenvalue weighted by molar-refractivity contribution is 9.11. The van der Waals surface area contributed by atoms with Gasteiger partial charge < -0.3 is 10.1 Å². The van der Waals surface area contributed by atoms with E-state index >= 15 is 0 Å². The molecule has 0 heterocycles. The zero-order valence-corrected chi connectivity index (χ0v) is 12.1. The van der Waals surface area contributed by atoms with Crippen LogP contribution in [-0.2, 0) is 4.79 Å². The van der Waals surface area contributed by atoms with Crippen LogP contribution in [0.4, 0.5) is 0 Å². The summed E-state index contributed by atoms with van der Waals surface area (Å²) in [5, 5.41) is 2.75. The monoisotopic (exact) mass is 311 g/mol. The molecule has 0 radical (unpaired) electrons. The molecule has 0 aliphatic rings. The Kier molecular flexibility index (Phi) is 6.50. The summed E-state index contributed by atoms with van der Waals surface area (Å²) in [7, 11) is 0. The minimum atomic E-state index is 0.0176. The number of para-hydroxylation sites is 1. The topological polar surface area (TPSA) is 38.3 Å². The molecule has 0 saturated carbocycles. The van der Waals surface area contributed by atoms with Crippen molar-refractivity contribution >= 4 is 21.8 Å². The van der Waals surface area contributed by atoms with Crippen molar-refractivity contribution in [3.8, 4) is 5.75 Å². The van der Waals surface area contributed by atoms with Crippen molar-refractivity contribution in [3.63, 3.8) is 0 Å². The minimum absolute atomic E-state index is 0.0176. The van der Waals surface area contributed by atoms with Crippen LogP contribution in [0.25, 0.3) is 0 Å². The van der Waals surface area contributed by atoms with E-state index in [1.165, 1.54) is 0 Å². The maximum absolute atomic E-state index is 11.4. The van der Waals surface area contributed by atoms with Crippen LogP contribution in [0, 0.1) is 6.92 Å². The first-order valence-electron chi connectivity index (χ1n) is 5.88. The first kappa shape index (κ1) is 14.8. The normalized spacial score (nSPS) is 9.89. The molecular weight excluding hydrogens is 294 g/mol. The van der Waals surface area contributed by atoms with Crippen LogP contribution < -0.4 is 10.1 Å². The van der Waals surface area contributed by atoms with Gasteiger partial charge in [-0.2, -0.15) is 0 Å². The maximum atomic E-state index is 11.4. The fraction of sp³-hybridized carbons (Fsp3) is 0.357. The Morgan fingerprint density at radius 3 is 2.83 bits per heavy atom. The van der Waals surface area contributed by atoms with Crippen molar-refractivity contribution in [2.45, 2.75) is 19.8 Å². The standard InChI is InChI=1S/C14H18BrNO2/c1-11-6-3-4-7-13(11)18-9-5-8-14(17)16-10-12(2)15/h3-4,6-7H,2,5,8-10H2,1H3,(H,16,17). The Hall–Kier alpha value is -1.29. The van der Waals surface area contributed by atoms with Gasteiger partial charge in [0.2, 0.25) is 5.91 Å². The van der Waals surface area contributed by atoms with E-state index in [9.17, 15) is 4.79 Å². The number of halogens is 1. The summed E-state index contributed by atoms with van der Waals surface area (Å²) < 4.78 is 6.38. The second-order valence-corrected chi connectivity index (χ2v) is 5.13. The predicted molar refractivity (Wildman–Crippen MR) is 77.0 cm³/mol. The van der Waals surface area contributed by atoms with Gasteiger partial charge in [0, 0.05) is 17.4 Å². The average Bonchev–Trinajstić information content (AvgIpc) is 2.34. The number of hydrogen-bond donors (Lipinski definition) is 1. The lowest BCUT2D eigenvalue weighted by Gasteiger charge is -2.08. The summed E-state index contributed by atoms with van der Waals surface area (Å²) in [5.74, 6) is 0.899. The van der Waals surface area contributed by atoms with Gasteiger partial charge in [-0.05, 0) is 25.0 Å². The molecule has 0 spiro atoms. The second kappa shape index (κ2) is 7.93. The Balaban J connectivity index is 2.17. The lowest BCUT2D eigenvalue weighted by atomic mass is 10.2. The number of aryl methyl sites for hydroxylation is 1. The lowest BCUT2D eigenvalue weighted by molar-refractivity contribution is -0.121. The van der Waals surface area contributed by atoms with Crippen molar-refractivity contribution in [1.29, 1.82) is 0 Å². The zero-order valence-electron chi connectivity index (χ0n) is 10.5. The number of benzene rings is 1. The van der Waals surface area contributed by atoms with Gasteiger partial charge in [-0.25, -0.2) is 0 Å². The average molecular weight is 312 g/mol. The molecule has 1 N–H and O–H groups in total. The van der Waals surface area contributed by atoms with E-state index in [-0.39, 0.29) is 5.91 Å². The summed E-state index contributed by atoms with van der Waals surface area (Å²) >= 11 is 3.19. The van der Waals surface area contributed by atoms with Gasteiger partial charge in [-0.1, -0.05) is 40.7 Å². The van der Waals surface area contributed by atoms with Crippen LogP contribution >= 0.6 is 15.9 Å². The molecule has 0 fully saturated rings. The van der Waals surface area contributed by atoms with Crippen LogP contribution in [0.3, 0.4) is 0 Å². The Bertz CT molecular complexity index is 418. The Morgan fingerprint density at radius 1 is 1.44 bits per heavy atom. The molecule has 0 saturated heterocycles. The molecule has 1 aromatic carbocycles. The van der Waals surface area contributed by atoms with E-state index in [0.29, 0.717) is 26.0 Å². The number of hydrogen-bond acceptors (Lipinski definition) is 2. The molecule has 3 nitrogen and oxygen atoms in total. The SMILES string of the molecule is C=C(Br)CNC(=O)CCCOc1ccccc1C. The molecule has 0 atom stereocenters. The minimum Gasteiger partial charge on any atom is -0.493 e. The van der Waals surface area contributed by atoms with E-state index in [4.69, 9.17) is 4.74 Å². The van der Waals surface area contributed by atoms with Crippen LogP contribution in [0.15, 0.2) is 35.3 Å². The first-order valence-corrected chi connectivity index (χ1v) is 6.67. The number of carbonyl (C=O) groups is 1. The van der Waals surface area contributed by atoms with E-state index in [1.807, 2.05) is 31.2 Å². The van der Waals surface area contributed by atoms with Gasteiger partial charge >= 0.3 is 0 Å². The summed E-state index contributed by atoms with van der Waals surface area (Å²) in [5.41, 5.74) is 1.11. The Morgan fingerprint density at radius 2 is 2.17 bits per heavy atom. The van der Waals surface area contributed by atoms with Crippen LogP contribution in [0.5, 0.6) is 5.75 Å². The van der Waals surface area contributed by atoms with Crippen molar-refractivity contribution < 1.29 is 9.53 Å². The van der Waals surface area contributed by atoms with E-state index in [2.05, 4.69) is 27.8 Å². The smallest absolute Gasteiger partial charge is 0.220 e. The van der Waals surface area contributed by atoms with Crippen molar-refractivity contribution in [1.82, 2.24) is 5.32 Å². The third kappa shape index (κ3) is 5.87. The number of rotatable bonds is 7. The number of nitrogens with one attached hydrogen (secondary N) is 1. The quantitative estimate of drug-likeness (QED) is 0.785. The third-order valence-corrected chi connectivity index (χ3v) is 2.66. The highest BCUT2D eigenvalue weighted by Gasteiger charge is 2.02. The van der Waals surface area contributed by atoms with Crippen LogP contribution in [0.1, 0.15) is 18.4 Å². The van der Waals surface area contributed by atoms with E-state index < -0.39 is 0 Å². The van der Waals surface area contributed by atoms with Gasteiger partial charge in [0.25, 0.3) is 0 Å². The van der Waals surface area contributed by atoms with Crippen molar-refractivity contribution in [3.05, 3.63) is 40.9 Å². The van der Waals surface area contributed by atoms with Gasteiger partial charge in [0.05, 0.1) is 6.61 Å². The molecule has 0 bridgehead atoms. The van der Waals surface area contributed by atoms with Crippen molar-refractivity contribution in [2.24, 2.45) is 0 Å². The largest absolute Gasteiger partial charge is 0.493 e. The molecule has 0 aromatic heterocycles. The lowest BCUT2D eigenvalue weighted by Crippen LogP contribution is -2.24. The summed E-state index contributed by atoms with van der Waals surface area (Å²) in [6.07, 6.45) is 1.17. The number of ether oxygens (including phenoxy) is 1. The number of amides is 1. The molecule has 1 rings (SSSR count). The van der Waals surface area contributed by atoms with Crippen LogP contribution in [-0.4, -0.2) is 19.1 Å². The molecule has 0 unspecified atom stereocenters. The highest BCUT2D eigenvalue weighted by Crippen LogP contribution is 2.16. The molecule has 1 aromatic rings.